The quantitative estimate of drug-likeness (QED) is 0.691. The maximum atomic E-state index is 13.2. The van der Waals surface area contributed by atoms with E-state index in [1.807, 2.05) is 24.4 Å². The van der Waals surface area contributed by atoms with Crippen molar-refractivity contribution in [2.24, 2.45) is 0 Å². The molecule has 122 valence electrons. The zero-order chi connectivity index (χ0) is 16.5. The Morgan fingerprint density at radius 2 is 2.12 bits per heavy atom. The Hall–Kier alpha value is -2.82. The van der Waals surface area contributed by atoms with Crippen molar-refractivity contribution in [2.75, 3.05) is 11.9 Å². The van der Waals surface area contributed by atoms with Gasteiger partial charge in [-0.2, -0.15) is 0 Å². The van der Waals surface area contributed by atoms with Crippen LogP contribution in [0.2, 0.25) is 0 Å². The number of rotatable bonds is 4. The Morgan fingerprint density at radius 3 is 3.04 bits per heavy atom. The van der Waals surface area contributed by atoms with Gasteiger partial charge in [0.25, 0.3) is 0 Å². The van der Waals surface area contributed by atoms with Crippen molar-refractivity contribution in [3.05, 3.63) is 65.6 Å². The van der Waals surface area contributed by atoms with Crippen LogP contribution in [-0.4, -0.2) is 23.5 Å². The molecule has 0 spiro atoms. The number of carbonyl (C=O) groups is 1. The lowest BCUT2D eigenvalue weighted by Gasteiger charge is -2.11. The molecule has 2 heterocycles. The van der Waals surface area contributed by atoms with E-state index in [0.29, 0.717) is 13.0 Å². The summed E-state index contributed by atoms with van der Waals surface area (Å²) in [5.74, 6) is -0.317. The van der Waals surface area contributed by atoms with Gasteiger partial charge in [0, 0.05) is 35.8 Å². The molecule has 0 saturated heterocycles. The highest BCUT2D eigenvalue weighted by atomic mass is 19.1. The number of halogens is 1. The van der Waals surface area contributed by atoms with Crippen LogP contribution in [0.3, 0.4) is 0 Å². The van der Waals surface area contributed by atoms with Gasteiger partial charge >= 0.3 is 0 Å². The molecule has 4 nitrogen and oxygen atoms in total. The van der Waals surface area contributed by atoms with Gasteiger partial charge in [0.05, 0.1) is 0 Å². The summed E-state index contributed by atoms with van der Waals surface area (Å²) in [5, 5.41) is 7.31. The second kappa shape index (κ2) is 6.00. The predicted molar refractivity (Wildman–Crippen MR) is 92.5 cm³/mol. The number of aromatic amines is 1. The number of hydrogen-bond donors (Lipinski definition) is 3. The summed E-state index contributed by atoms with van der Waals surface area (Å²) >= 11 is 0. The molecule has 1 unspecified atom stereocenters. The number of anilines is 1. The van der Waals surface area contributed by atoms with Crippen molar-refractivity contribution in [3.8, 4) is 0 Å². The molecule has 4 rings (SSSR count). The number of nitrogens with one attached hydrogen (secondary N) is 3. The minimum Gasteiger partial charge on any atom is -0.373 e. The Bertz CT molecular complexity index is 903. The molecule has 0 saturated carbocycles. The molecule has 1 aliphatic heterocycles. The molecule has 1 aromatic heterocycles. The van der Waals surface area contributed by atoms with Crippen LogP contribution in [0.4, 0.5) is 10.1 Å². The summed E-state index contributed by atoms with van der Waals surface area (Å²) in [7, 11) is 0. The molecule has 24 heavy (non-hydrogen) atoms. The van der Waals surface area contributed by atoms with Crippen molar-refractivity contribution < 1.29 is 9.18 Å². The normalized spacial score (nSPS) is 16.0. The van der Waals surface area contributed by atoms with E-state index in [9.17, 15) is 9.18 Å². The molecule has 0 aliphatic carbocycles. The first-order valence-corrected chi connectivity index (χ1v) is 8.08. The van der Waals surface area contributed by atoms with Gasteiger partial charge in [0.15, 0.2) is 0 Å². The third kappa shape index (κ3) is 2.73. The lowest BCUT2D eigenvalue weighted by molar-refractivity contribution is -0.121. The highest BCUT2D eigenvalue weighted by molar-refractivity contribution is 5.87. The Morgan fingerprint density at radius 1 is 1.25 bits per heavy atom. The molecule has 0 fully saturated rings. The number of fused-ring (bicyclic) bond motifs is 2. The maximum Gasteiger partial charge on any atom is 0.242 e. The largest absolute Gasteiger partial charge is 0.373 e. The number of carbonyl (C=O) groups excluding carboxylic acids is 1. The molecule has 3 N–H and O–H groups in total. The zero-order valence-electron chi connectivity index (χ0n) is 13.1. The van der Waals surface area contributed by atoms with Crippen LogP contribution < -0.4 is 10.6 Å². The topological polar surface area (TPSA) is 56.9 Å². The number of amides is 1. The number of para-hydroxylation sites is 1. The van der Waals surface area contributed by atoms with E-state index in [0.717, 1.165) is 23.2 Å². The average Bonchev–Trinajstić information content (AvgIpc) is 3.18. The Labute approximate surface area is 139 Å². The fraction of sp³-hybridized carbons (Fsp3) is 0.211. The second-order valence-electron chi connectivity index (χ2n) is 6.10. The third-order valence-electron chi connectivity index (χ3n) is 4.51. The zero-order valence-corrected chi connectivity index (χ0v) is 13.1. The molecular formula is C19H18FN3O. The fourth-order valence-corrected chi connectivity index (χ4v) is 3.27. The smallest absolute Gasteiger partial charge is 0.242 e. The minimum absolute atomic E-state index is 0.0496. The highest BCUT2D eigenvalue weighted by Gasteiger charge is 2.26. The average molecular weight is 323 g/mol. The highest BCUT2D eigenvalue weighted by Crippen LogP contribution is 2.26. The summed E-state index contributed by atoms with van der Waals surface area (Å²) in [4.78, 5) is 15.6. The second-order valence-corrected chi connectivity index (χ2v) is 6.10. The first kappa shape index (κ1) is 14.8. The fourth-order valence-electron chi connectivity index (χ4n) is 3.27. The molecule has 0 radical (unpaired) electrons. The van der Waals surface area contributed by atoms with Gasteiger partial charge in [-0.25, -0.2) is 4.39 Å². The van der Waals surface area contributed by atoms with E-state index < -0.39 is 0 Å². The maximum absolute atomic E-state index is 13.2. The van der Waals surface area contributed by atoms with Crippen LogP contribution in [0.1, 0.15) is 11.1 Å². The van der Waals surface area contributed by atoms with Crippen LogP contribution in [0.5, 0.6) is 0 Å². The van der Waals surface area contributed by atoms with E-state index in [1.54, 1.807) is 6.07 Å². The number of hydrogen-bond acceptors (Lipinski definition) is 2. The number of aromatic nitrogens is 1. The molecule has 0 bridgehead atoms. The third-order valence-corrected chi connectivity index (χ3v) is 4.51. The van der Waals surface area contributed by atoms with Gasteiger partial charge in [-0.05, 0) is 41.8 Å². The first-order chi connectivity index (χ1) is 11.7. The van der Waals surface area contributed by atoms with Crippen molar-refractivity contribution in [1.29, 1.82) is 0 Å². The van der Waals surface area contributed by atoms with Crippen molar-refractivity contribution in [3.63, 3.8) is 0 Å². The summed E-state index contributed by atoms with van der Waals surface area (Å²) in [6.45, 7) is 0.573. The van der Waals surface area contributed by atoms with Gasteiger partial charge in [0.1, 0.15) is 11.9 Å². The van der Waals surface area contributed by atoms with Crippen LogP contribution in [-0.2, 0) is 17.6 Å². The van der Waals surface area contributed by atoms with Crippen LogP contribution in [0.25, 0.3) is 10.9 Å². The molecule has 1 aliphatic rings. The number of benzene rings is 2. The van der Waals surface area contributed by atoms with Gasteiger partial charge < -0.3 is 15.6 Å². The molecule has 2 aromatic carbocycles. The van der Waals surface area contributed by atoms with Crippen molar-refractivity contribution >= 4 is 22.5 Å². The van der Waals surface area contributed by atoms with Gasteiger partial charge in [-0.1, -0.05) is 18.2 Å². The van der Waals surface area contributed by atoms with E-state index in [-0.39, 0.29) is 17.8 Å². The number of H-pyrrole nitrogens is 1. The summed E-state index contributed by atoms with van der Waals surface area (Å²) < 4.78 is 13.2. The van der Waals surface area contributed by atoms with E-state index in [2.05, 4.69) is 21.7 Å². The summed E-state index contributed by atoms with van der Waals surface area (Å²) in [6, 6.07) is 12.4. The van der Waals surface area contributed by atoms with Gasteiger partial charge in [-0.3, -0.25) is 4.79 Å². The van der Waals surface area contributed by atoms with E-state index in [1.165, 1.54) is 23.1 Å². The molecular weight excluding hydrogens is 305 g/mol. The van der Waals surface area contributed by atoms with Crippen LogP contribution >= 0.6 is 0 Å². The Kier molecular flexibility index (Phi) is 3.69. The monoisotopic (exact) mass is 323 g/mol. The van der Waals surface area contributed by atoms with Crippen LogP contribution in [0.15, 0.2) is 48.7 Å². The molecule has 3 aromatic rings. The van der Waals surface area contributed by atoms with E-state index >= 15 is 0 Å². The van der Waals surface area contributed by atoms with Crippen LogP contribution in [0, 0.1) is 5.82 Å². The first-order valence-electron chi connectivity index (χ1n) is 8.08. The Balaban J connectivity index is 1.34. The predicted octanol–water partition coefficient (Wildman–Crippen LogP) is 3.00. The lowest BCUT2D eigenvalue weighted by Crippen LogP contribution is -2.39. The summed E-state index contributed by atoms with van der Waals surface area (Å²) in [6.07, 6.45) is 3.28. The minimum atomic E-state index is -0.329. The standard InChI is InChI=1S/C19H18FN3O/c20-14-5-6-16-13(9-14)10-18(23-16)19(24)21-8-7-12-11-22-17-4-2-1-3-15(12)17/h1-6,9,11,18,22-23H,7-8,10H2,(H,21,24). The van der Waals surface area contributed by atoms with Gasteiger partial charge in [0.2, 0.25) is 5.91 Å². The van der Waals surface area contributed by atoms with Gasteiger partial charge in [-0.15, -0.1) is 0 Å². The SMILES string of the molecule is O=C(NCCc1c[nH]c2ccccc12)C1Cc2cc(F)ccc2N1. The van der Waals surface area contributed by atoms with Crippen molar-refractivity contribution in [2.45, 2.75) is 18.9 Å². The van der Waals surface area contributed by atoms with Crippen molar-refractivity contribution in [1.82, 2.24) is 10.3 Å². The molecule has 5 heteroatoms. The molecule has 1 atom stereocenters. The van der Waals surface area contributed by atoms with E-state index in [4.69, 9.17) is 0 Å². The lowest BCUT2D eigenvalue weighted by atomic mass is 10.1. The summed E-state index contributed by atoms with van der Waals surface area (Å²) in [5.41, 5.74) is 3.99. The molecule has 1 amide bonds.